The van der Waals surface area contributed by atoms with Crippen molar-refractivity contribution in [1.82, 2.24) is 4.98 Å². The lowest BCUT2D eigenvalue weighted by Crippen LogP contribution is -2.21. The number of fused-ring (bicyclic) bond motifs is 1. The quantitative estimate of drug-likeness (QED) is 0.0521. The highest BCUT2D eigenvalue weighted by Gasteiger charge is 2.26. The molecule has 16 heteroatoms. The number of pyridine rings is 1. The minimum absolute atomic E-state index is 0.0167. The number of hydrogen-bond donors (Lipinski definition) is 2. The predicted molar refractivity (Wildman–Crippen MR) is 305 cm³/mol. The SMILES string of the molecule is COC(C)COc1ccc(C(C)=O)c(CC(=O)C2CCCCC2)c1Cl.COC(C)COc1ccc(C(C)C)c(N)c1Cl.COC(C)COc1ccc2c(=O)cc(C3CCCCC3)[nH]c2c1Cl.O=C(Cl)C1CCCCC1. The first-order valence-electron chi connectivity index (χ1n) is 26.8. The lowest BCUT2D eigenvalue weighted by Gasteiger charge is -2.22. The van der Waals surface area contributed by atoms with Crippen molar-refractivity contribution in [2.75, 3.05) is 46.9 Å². The number of carbonyl (C=O) groups excluding carboxylic acids is 3. The second-order valence-corrected chi connectivity index (χ2v) is 21.9. The van der Waals surface area contributed by atoms with Crippen molar-refractivity contribution in [1.29, 1.82) is 0 Å². The van der Waals surface area contributed by atoms with E-state index in [4.69, 9.17) is 80.6 Å². The topological polar surface area (TPSA) is 165 Å². The number of benzene rings is 3. The van der Waals surface area contributed by atoms with Crippen LogP contribution in [-0.2, 0) is 30.2 Å². The number of rotatable bonds is 19. The fourth-order valence-electron chi connectivity index (χ4n) is 9.34. The number of nitrogens with one attached hydrogen (secondary N) is 1. The molecule has 0 aliphatic heterocycles. The van der Waals surface area contributed by atoms with Gasteiger partial charge < -0.3 is 39.1 Å². The fourth-order valence-corrected chi connectivity index (χ4v) is 10.3. The number of H-pyrrole nitrogens is 1. The average molecular weight is 1120 g/mol. The summed E-state index contributed by atoms with van der Waals surface area (Å²) in [6.45, 7) is 12.6. The Morgan fingerprint density at radius 3 is 1.55 bits per heavy atom. The van der Waals surface area contributed by atoms with Crippen molar-refractivity contribution in [2.24, 2.45) is 11.8 Å². The van der Waals surface area contributed by atoms with Crippen LogP contribution in [0.2, 0.25) is 15.1 Å². The Hall–Kier alpha value is -3.88. The monoisotopic (exact) mass is 1120 g/mol. The first kappa shape index (κ1) is 63.7. The van der Waals surface area contributed by atoms with Crippen LogP contribution >= 0.6 is 46.4 Å². The van der Waals surface area contributed by atoms with Crippen LogP contribution in [0.1, 0.15) is 177 Å². The van der Waals surface area contributed by atoms with E-state index in [1.165, 1.54) is 51.9 Å². The molecular weight excluding hydrogens is 1040 g/mol. The van der Waals surface area contributed by atoms with Gasteiger partial charge in [-0.1, -0.05) is 113 Å². The number of Topliss-reactive ketones (excluding diaryl/α,β-unsaturated/α-hetero) is 2. The van der Waals surface area contributed by atoms with Crippen molar-refractivity contribution in [3.05, 3.63) is 90.1 Å². The Morgan fingerprint density at radius 1 is 0.627 bits per heavy atom. The molecule has 3 saturated carbocycles. The minimum Gasteiger partial charge on any atom is -0.489 e. The Bertz CT molecular complexity index is 2500. The zero-order chi connectivity index (χ0) is 55.2. The molecule has 0 bridgehead atoms. The smallest absolute Gasteiger partial charge is 0.224 e. The van der Waals surface area contributed by atoms with Gasteiger partial charge in [0, 0.05) is 62.3 Å². The van der Waals surface area contributed by atoms with E-state index in [1.807, 2.05) is 32.9 Å². The molecule has 1 aromatic heterocycles. The van der Waals surface area contributed by atoms with Crippen molar-refractivity contribution in [3.63, 3.8) is 0 Å². The molecule has 7 rings (SSSR count). The highest BCUT2D eigenvalue weighted by Crippen LogP contribution is 2.38. The number of aromatic amines is 1. The third kappa shape index (κ3) is 19.8. The lowest BCUT2D eigenvalue weighted by atomic mass is 9.83. The van der Waals surface area contributed by atoms with E-state index in [0.29, 0.717) is 91.7 Å². The van der Waals surface area contributed by atoms with E-state index < -0.39 is 0 Å². The molecule has 0 saturated heterocycles. The van der Waals surface area contributed by atoms with Gasteiger partial charge in [0.25, 0.3) is 0 Å². The van der Waals surface area contributed by atoms with Crippen molar-refractivity contribution >= 4 is 79.8 Å². The van der Waals surface area contributed by atoms with Crippen LogP contribution in [0.5, 0.6) is 17.2 Å². The average Bonchev–Trinajstić information content (AvgIpc) is 3.42. The molecule has 75 heavy (non-hydrogen) atoms. The second kappa shape index (κ2) is 32.8. The van der Waals surface area contributed by atoms with Crippen LogP contribution in [0.25, 0.3) is 10.9 Å². The van der Waals surface area contributed by atoms with Gasteiger partial charge >= 0.3 is 0 Å². The zero-order valence-electron chi connectivity index (χ0n) is 45.7. The molecule has 3 aliphatic carbocycles. The lowest BCUT2D eigenvalue weighted by molar-refractivity contribution is -0.123. The van der Waals surface area contributed by atoms with Gasteiger partial charge in [-0.3, -0.25) is 19.2 Å². The van der Waals surface area contributed by atoms with Crippen LogP contribution in [0.3, 0.4) is 0 Å². The van der Waals surface area contributed by atoms with Gasteiger partial charge in [0.05, 0.1) is 34.5 Å². The molecule has 0 spiro atoms. The highest BCUT2D eigenvalue weighted by molar-refractivity contribution is 6.64. The molecule has 3 atom stereocenters. The molecule has 3 fully saturated rings. The van der Waals surface area contributed by atoms with Crippen LogP contribution in [0, 0.1) is 11.8 Å². The number of nitrogens with two attached hydrogens (primary N) is 1. The number of hydrogen-bond acceptors (Lipinski definition) is 11. The first-order chi connectivity index (χ1) is 35.8. The normalized spacial score (nSPS) is 16.5. The molecule has 3 aliphatic rings. The molecule has 1 heterocycles. The van der Waals surface area contributed by atoms with Crippen molar-refractivity contribution < 1.29 is 42.8 Å². The summed E-state index contributed by atoms with van der Waals surface area (Å²) in [5.74, 6) is 2.79. The molecule has 3 N–H and O–H groups in total. The van der Waals surface area contributed by atoms with Gasteiger partial charge in [-0.15, -0.1) is 0 Å². The van der Waals surface area contributed by atoms with Crippen LogP contribution in [0.4, 0.5) is 5.69 Å². The molecule has 3 aromatic carbocycles. The summed E-state index contributed by atoms with van der Waals surface area (Å²) < 4.78 is 32.5. The Balaban J connectivity index is 0.000000228. The van der Waals surface area contributed by atoms with Gasteiger partial charge in [-0.2, -0.15) is 0 Å². The molecule has 416 valence electrons. The standard InChI is InChI=1S/C20H27ClO4.C19H24ClNO3.C13H20ClNO2.C7H11ClO/c1-13(24-3)12-25-19-10-9-16(14(2)22)17(20(19)21)11-18(23)15-7-5-4-6-8-15;1-12(23-2)11-24-17-9-8-14-16(22)10-15(21-19(14)18(17)20)13-6-4-3-5-7-13;1-8(2)10-5-6-11(12(14)13(10)15)17-7-9(3)16-4;8-7(9)6-4-2-1-3-5-6/h9-10,13,15H,4-8,11-12H2,1-3H3;8-10,12-13H,3-7,11H2,1-2H3,(H,21,22);5-6,8-9H,7,15H2,1-4H3;6H,1-5H2. The number of carbonyl (C=O) groups is 3. The summed E-state index contributed by atoms with van der Waals surface area (Å²) in [5.41, 5.74) is 10.4. The maximum Gasteiger partial charge on any atom is 0.224 e. The minimum atomic E-state index is -0.130. The molecule has 4 aromatic rings. The van der Waals surface area contributed by atoms with Gasteiger partial charge in [0.2, 0.25) is 5.24 Å². The first-order valence-corrected chi connectivity index (χ1v) is 28.3. The Morgan fingerprint density at radius 2 is 1.08 bits per heavy atom. The van der Waals surface area contributed by atoms with Gasteiger partial charge in [-0.25, -0.2) is 0 Å². The van der Waals surface area contributed by atoms with Crippen molar-refractivity contribution in [2.45, 2.75) is 174 Å². The predicted octanol–water partition coefficient (Wildman–Crippen LogP) is 15.1. The maximum absolute atomic E-state index is 12.7. The summed E-state index contributed by atoms with van der Waals surface area (Å²) in [4.78, 5) is 51.1. The number of methoxy groups -OCH3 is 3. The number of ether oxygens (including phenoxy) is 6. The summed E-state index contributed by atoms with van der Waals surface area (Å²) in [5, 5.41) is 1.78. The van der Waals surface area contributed by atoms with E-state index in [2.05, 4.69) is 18.8 Å². The molecule has 3 unspecified atom stereocenters. The number of nitrogen functional groups attached to an aromatic ring is 1. The van der Waals surface area contributed by atoms with Gasteiger partial charge in [0.15, 0.2) is 11.2 Å². The number of halogens is 4. The fraction of sp³-hybridized carbons (Fsp3) is 0.593. The maximum atomic E-state index is 12.7. The van der Waals surface area contributed by atoms with Crippen LogP contribution in [-0.4, -0.2) is 81.3 Å². The van der Waals surface area contributed by atoms with E-state index in [0.717, 1.165) is 62.6 Å². The van der Waals surface area contributed by atoms with E-state index in [9.17, 15) is 19.2 Å². The number of ketones is 2. The molecular formula is C59H82Cl4N2O10. The Labute approximate surface area is 465 Å². The second-order valence-electron chi connectivity index (χ2n) is 20.4. The number of anilines is 1. The third-order valence-electron chi connectivity index (χ3n) is 14.3. The highest BCUT2D eigenvalue weighted by atomic mass is 35.5. The molecule has 12 nitrogen and oxygen atoms in total. The van der Waals surface area contributed by atoms with Crippen molar-refractivity contribution in [3.8, 4) is 17.2 Å². The van der Waals surface area contributed by atoms with Crippen LogP contribution < -0.4 is 25.4 Å². The van der Waals surface area contributed by atoms with E-state index in [-0.39, 0.29) is 58.8 Å². The zero-order valence-corrected chi connectivity index (χ0v) is 48.7. The summed E-state index contributed by atoms with van der Waals surface area (Å²) in [6, 6.07) is 12.5. The third-order valence-corrected chi connectivity index (χ3v) is 15.8. The van der Waals surface area contributed by atoms with E-state index >= 15 is 0 Å². The van der Waals surface area contributed by atoms with Gasteiger partial charge in [-0.05, 0) is 131 Å². The Kier molecular flexibility index (Phi) is 27.8. The summed E-state index contributed by atoms with van der Waals surface area (Å²) >= 11 is 24.5. The largest absolute Gasteiger partial charge is 0.489 e. The number of aromatic nitrogens is 1. The van der Waals surface area contributed by atoms with E-state index in [1.54, 1.807) is 51.7 Å². The summed E-state index contributed by atoms with van der Waals surface area (Å²) in [7, 11) is 4.90. The van der Waals surface area contributed by atoms with Gasteiger partial charge in [0.1, 0.15) is 52.9 Å². The molecule has 0 radical (unpaired) electrons. The molecule has 0 amide bonds. The summed E-state index contributed by atoms with van der Waals surface area (Å²) in [6.07, 6.45) is 17.0. The van der Waals surface area contributed by atoms with Crippen LogP contribution in [0.15, 0.2) is 47.3 Å².